The van der Waals surface area contributed by atoms with Crippen molar-refractivity contribution >= 4 is 15.9 Å². The number of halogens is 3. The smallest absolute Gasteiger partial charge is 0.127 e. The fourth-order valence-corrected chi connectivity index (χ4v) is 2.38. The number of nitrogens with two attached hydrogens (primary N) is 1. The van der Waals surface area contributed by atoms with Gasteiger partial charge in [-0.15, -0.1) is 0 Å². The first-order chi connectivity index (χ1) is 9.10. The third-order valence-electron chi connectivity index (χ3n) is 3.09. The molecule has 1 atom stereocenters. The predicted molar refractivity (Wildman–Crippen MR) is 76.0 cm³/mol. The quantitative estimate of drug-likeness (QED) is 0.903. The van der Waals surface area contributed by atoms with E-state index >= 15 is 0 Å². The standard InChI is InChI=1S/C15H14BrF2N/c16-13-5-4-11(15(18)8-13)6-12(9-19)10-2-1-3-14(17)7-10/h1-5,7-8,12H,6,9,19H2. The number of hydrogen-bond acceptors (Lipinski definition) is 1. The van der Waals surface area contributed by atoms with Crippen LogP contribution in [0.3, 0.4) is 0 Å². The lowest BCUT2D eigenvalue weighted by Crippen LogP contribution is -2.15. The summed E-state index contributed by atoms with van der Waals surface area (Å²) in [6, 6.07) is 11.2. The molecule has 2 N–H and O–H groups in total. The maximum atomic E-state index is 13.8. The lowest BCUT2D eigenvalue weighted by Gasteiger charge is -2.16. The molecule has 0 bridgehead atoms. The van der Waals surface area contributed by atoms with Crippen molar-refractivity contribution in [3.63, 3.8) is 0 Å². The minimum Gasteiger partial charge on any atom is -0.330 e. The molecule has 100 valence electrons. The van der Waals surface area contributed by atoms with Crippen LogP contribution < -0.4 is 5.73 Å². The number of rotatable bonds is 4. The first kappa shape index (κ1) is 14.2. The minimum atomic E-state index is -0.299. The maximum Gasteiger partial charge on any atom is 0.127 e. The molecule has 2 aromatic rings. The Kier molecular flexibility index (Phi) is 4.66. The molecule has 0 aliphatic carbocycles. The molecule has 19 heavy (non-hydrogen) atoms. The molecule has 0 radical (unpaired) electrons. The van der Waals surface area contributed by atoms with Crippen molar-refractivity contribution in [2.45, 2.75) is 12.3 Å². The van der Waals surface area contributed by atoms with Crippen molar-refractivity contribution in [2.75, 3.05) is 6.54 Å². The van der Waals surface area contributed by atoms with Gasteiger partial charge in [-0.3, -0.25) is 0 Å². The highest BCUT2D eigenvalue weighted by Crippen LogP contribution is 2.24. The molecule has 0 amide bonds. The summed E-state index contributed by atoms with van der Waals surface area (Å²) in [5.74, 6) is -0.664. The topological polar surface area (TPSA) is 26.0 Å². The molecule has 1 nitrogen and oxygen atoms in total. The molecule has 0 aliphatic rings. The summed E-state index contributed by atoms with van der Waals surface area (Å²) in [7, 11) is 0. The second-order valence-corrected chi connectivity index (χ2v) is 5.34. The zero-order valence-electron chi connectivity index (χ0n) is 10.2. The molecule has 0 aliphatic heterocycles. The SMILES string of the molecule is NCC(Cc1ccc(Br)cc1F)c1cccc(F)c1. The summed E-state index contributed by atoms with van der Waals surface area (Å²) in [5, 5.41) is 0. The van der Waals surface area contributed by atoms with E-state index in [2.05, 4.69) is 15.9 Å². The second-order valence-electron chi connectivity index (χ2n) is 4.43. The van der Waals surface area contributed by atoms with Gasteiger partial charge in [-0.05, 0) is 48.4 Å². The van der Waals surface area contributed by atoms with Gasteiger partial charge < -0.3 is 5.73 Å². The van der Waals surface area contributed by atoms with Crippen LogP contribution in [0.4, 0.5) is 8.78 Å². The average Bonchev–Trinajstić information content (AvgIpc) is 2.38. The molecule has 2 rings (SSSR count). The molecule has 0 aromatic heterocycles. The molecule has 0 saturated heterocycles. The molecule has 0 spiro atoms. The van der Waals surface area contributed by atoms with Crippen LogP contribution in [0, 0.1) is 11.6 Å². The molecule has 0 heterocycles. The Hall–Kier alpha value is -1.26. The van der Waals surface area contributed by atoms with Crippen molar-refractivity contribution in [1.82, 2.24) is 0 Å². The van der Waals surface area contributed by atoms with Gasteiger partial charge in [-0.25, -0.2) is 8.78 Å². The van der Waals surface area contributed by atoms with Crippen molar-refractivity contribution in [1.29, 1.82) is 0 Å². The molecular formula is C15H14BrF2N. The summed E-state index contributed by atoms with van der Waals surface area (Å²) in [6.07, 6.45) is 0.457. The lowest BCUT2D eigenvalue weighted by atomic mass is 9.92. The van der Waals surface area contributed by atoms with Crippen LogP contribution in [-0.2, 0) is 6.42 Å². The summed E-state index contributed by atoms with van der Waals surface area (Å²) in [6.45, 7) is 0.346. The van der Waals surface area contributed by atoms with E-state index in [1.54, 1.807) is 18.2 Å². The van der Waals surface area contributed by atoms with Gasteiger partial charge >= 0.3 is 0 Å². The van der Waals surface area contributed by atoms with Crippen molar-refractivity contribution in [2.24, 2.45) is 5.73 Å². The van der Waals surface area contributed by atoms with Gasteiger partial charge in [-0.2, -0.15) is 0 Å². The van der Waals surface area contributed by atoms with Crippen molar-refractivity contribution in [3.8, 4) is 0 Å². The highest BCUT2D eigenvalue weighted by atomic mass is 79.9. The fraction of sp³-hybridized carbons (Fsp3) is 0.200. The van der Waals surface area contributed by atoms with Gasteiger partial charge in [0, 0.05) is 10.4 Å². The maximum absolute atomic E-state index is 13.8. The van der Waals surface area contributed by atoms with E-state index in [1.165, 1.54) is 18.2 Å². The predicted octanol–water partition coefficient (Wildman–Crippen LogP) is 4.01. The zero-order valence-corrected chi connectivity index (χ0v) is 11.8. The zero-order chi connectivity index (χ0) is 13.8. The van der Waals surface area contributed by atoms with E-state index in [-0.39, 0.29) is 17.6 Å². The molecule has 1 unspecified atom stereocenters. The Balaban J connectivity index is 2.24. The average molecular weight is 326 g/mol. The van der Waals surface area contributed by atoms with Gasteiger partial charge in [0.05, 0.1) is 0 Å². The van der Waals surface area contributed by atoms with E-state index in [1.807, 2.05) is 6.07 Å². The van der Waals surface area contributed by atoms with Crippen molar-refractivity contribution in [3.05, 3.63) is 69.7 Å². The number of hydrogen-bond donors (Lipinski definition) is 1. The molecule has 2 aromatic carbocycles. The largest absolute Gasteiger partial charge is 0.330 e. The molecule has 0 saturated carbocycles. The van der Waals surface area contributed by atoms with Gasteiger partial charge in [0.25, 0.3) is 0 Å². The van der Waals surface area contributed by atoms with Crippen molar-refractivity contribution < 1.29 is 8.78 Å². The van der Waals surface area contributed by atoms with Gasteiger partial charge in [0.2, 0.25) is 0 Å². The van der Waals surface area contributed by atoms with Crippen LogP contribution in [0.15, 0.2) is 46.9 Å². The Labute approximate surface area is 119 Å². The third-order valence-corrected chi connectivity index (χ3v) is 3.58. The van der Waals surface area contributed by atoms with Gasteiger partial charge in [-0.1, -0.05) is 34.1 Å². The van der Waals surface area contributed by atoms with E-state index in [0.717, 1.165) is 5.56 Å². The van der Waals surface area contributed by atoms with E-state index in [4.69, 9.17) is 5.73 Å². The van der Waals surface area contributed by atoms with E-state index in [0.29, 0.717) is 23.0 Å². The van der Waals surface area contributed by atoms with Crippen LogP contribution in [0.5, 0.6) is 0 Å². The third kappa shape index (κ3) is 3.61. The lowest BCUT2D eigenvalue weighted by molar-refractivity contribution is 0.585. The fourth-order valence-electron chi connectivity index (χ4n) is 2.05. The van der Waals surface area contributed by atoms with Crippen LogP contribution in [0.25, 0.3) is 0 Å². The van der Waals surface area contributed by atoms with Gasteiger partial charge in [0.15, 0.2) is 0 Å². The first-order valence-corrected chi connectivity index (χ1v) is 6.79. The van der Waals surface area contributed by atoms with E-state index in [9.17, 15) is 8.78 Å². The molecule has 0 fully saturated rings. The normalized spacial score (nSPS) is 12.4. The first-order valence-electron chi connectivity index (χ1n) is 5.99. The Morgan fingerprint density at radius 2 is 1.89 bits per heavy atom. The number of benzene rings is 2. The van der Waals surface area contributed by atoms with Crippen LogP contribution in [0.1, 0.15) is 17.0 Å². The Bertz CT molecular complexity index is 572. The minimum absolute atomic E-state index is 0.0913. The van der Waals surface area contributed by atoms with Crippen LogP contribution in [-0.4, -0.2) is 6.54 Å². The summed E-state index contributed by atoms with van der Waals surface area (Å²) in [5.41, 5.74) is 7.11. The molecular weight excluding hydrogens is 312 g/mol. The van der Waals surface area contributed by atoms with Crippen LogP contribution >= 0.6 is 15.9 Å². The van der Waals surface area contributed by atoms with Crippen LogP contribution in [0.2, 0.25) is 0 Å². The van der Waals surface area contributed by atoms with Gasteiger partial charge in [0.1, 0.15) is 11.6 Å². The van der Waals surface area contributed by atoms with E-state index < -0.39 is 0 Å². The summed E-state index contributed by atoms with van der Waals surface area (Å²) < 4.78 is 27.7. The highest BCUT2D eigenvalue weighted by Gasteiger charge is 2.14. The Morgan fingerprint density at radius 3 is 2.53 bits per heavy atom. The Morgan fingerprint density at radius 1 is 1.11 bits per heavy atom. The summed E-state index contributed by atoms with van der Waals surface area (Å²) in [4.78, 5) is 0. The molecule has 4 heteroatoms. The second kappa shape index (κ2) is 6.26. The monoisotopic (exact) mass is 325 g/mol. The highest BCUT2D eigenvalue weighted by molar-refractivity contribution is 9.10. The summed E-state index contributed by atoms with van der Waals surface area (Å²) >= 11 is 3.22.